The summed E-state index contributed by atoms with van der Waals surface area (Å²) in [6.07, 6.45) is 1.04. The Morgan fingerprint density at radius 2 is 1.59 bits per heavy atom. The maximum absolute atomic E-state index is 11.7. The number of hydrogen-bond donors (Lipinski definition) is 1. The quantitative estimate of drug-likeness (QED) is 0.817. The number of ether oxygens (including phenoxy) is 2. The lowest BCUT2D eigenvalue weighted by atomic mass is 10.2. The Morgan fingerprint density at radius 3 is 2.12 bits per heavy atom. The van der Waals surface area contributed by atoms with Gasteiger partial charge in [-0.25, -0.2) is 9.59 Å². The molecule has 0 aromatic carbocycles. The predicted octanol–water partition coefficient (Wildman–Crippen LogP) is 2.15. The molecule has 0 bridgehead atoms. The fraction of sp³-hybridized carbons (Fsp3) is 0.500. The Kier molecular flexibility index (Phi) is 4.31. The van der Waals surface area contributed by atoms with Gasteiger partial charge in [-0.05, 0) is 33.8 Å². The molecule has 0 saturated heterocycles. The first kappa shape index (κ1) is 13.3. The smallest absolute Gasteiger partial charge is 0.355 e. The van der Waals surface area contributed by atoms with Gasteiger partial charge in [0, 0.05) is 6.20 Å². The van der Waals surface area contributed by atoms with Crippen LogP contribution in [-0.4, -0.2) is 29.1 Å². The Balaban J connectivity index is 2.85. The molecule has 1 N–H and O–H groups in total. The summed E-state index contributed by atoms with van der Waals surface area (Å²) in [4.78, 5) is 26.0. The second-order valence-corrected chi connectivity index (χ2v) is 4.17. The van der Waals surface area contributed by atoms with Crippen molar-refractivity contribution in [3.63, 3.8) is 0 Å². The summed E-state index contributed by atoms with van der Waals surface area (Å²) in [5.41, 5.74) is 0.328. The molecule has 1 aromatic heterocycles. The van der Waals surface area contributed by atoms with E-state index in [1.807, 2.05) is 0 Å². The van der Waals surface area contributed by atoms with Crippen LogP contribution in [0.5, 0.6) is 0 Å². The van der Waals surface area contributed by atoms with Gasteiger partial charge in [0.1, 0.15) is 5.69 Å². The summed E-state index contributed by atoms with van der Waals surface area (Å²) in [7, 11) is 0. The highest BCUT2D eigenvalue weighted by Crippen LogP contribution is 2.12. The minimum absolute atomic E-state index is 0.129. The largest absolute Gasteiger partial charge is 0.459 e. The summed E-state index contributed by atoms with van der Waals surface area (Å²) in [6.45, 7) is 6.98. The zero-order chi connectivity index (χ0) is 13.0. The molecule has 17 heavy (non-hydrogen) atoms. The van der Waals surface area contributed by atoms with Gasteiger partial charge < -0.3 is 14.5 Å². The SMILES string of the molecule is CC(C)OC(=O)c1cc[nH]c1C(=O)OC(C)C. The summed E-state index contributed by atoms with van der Waals surface area (Å²) in [5.74, 6) is -1.09. The van der Waals surface area contributed by atoms with Gasteiger partial charge in [0.15, 0.2) is 0 Å². The molecule has 94 valence electrons. The maximum Gasteiger partial charge on any atom is 0.355 e. The molecule has 0 atom stereocenters. The van der Waals surface area contributed by atoms with Crippen LogP contribution in [0.4, 0.5) is 0 Å². The molecule has 0 amide bonds. The zero-order valence-electron chi connectivity index (χ0n) is 10.4. The molecule has 0 saturated carbocycles. The molecule has 0 unspecified atom stereocenters. The van der Waals surface area contributed by atoms with E-state index in [-0.39, 0.29) is 23.5 Å². The molecule has 0 fully saturated rings. The van der Waals surface area contributed by atoms with Gasteiger partial charge in [0.2, 0.25) is 0 Å². The lowest BCUT2D eigenvalue weighted by Gasteiger charge is -2.10. The van der Waals surface area contributed by atoms with Crippen molar-refractivity contribution in [1.29, 1.82) is 0 Å². The second kappa shape index (κ2) is 5.52. The molecule has 1 heterocycles. The molecule has 0 aliphatic rings. The highest BCUT2D eigenvalue weighted by atomic mass is 16.5. The van der Waals surface area contributed by atoms with Gasteiger partial charge in [-0.3, -0.25) is 0 Å². The van der Waals surface area contributed by atoms with Crippen LogP contribution in [0.1, 0.15) is 48.5 Å². The van der Waals surface area contributed by atoms with E-state index in [9.17, 15) is 9.59 Å². The highest BCUT2D eigenvalue weighted by molar-refractivity contribution is 6.02. The average Bonchev–Trinajstić information content (AvgIpc) is 2.63. The van der Waals surface area contributed by atoms with Gasteiger partial charge in [-0.2, -0.15) is 0 Å². The summed E-state index contributed by atoms with van der Waals surface area (Å²) < 4.78 is 10.0. The van der Waals surface area contributed by atoms with Crippen LogP contribution in [0, 0.1) is 0 Å². The number of aromatic amines is 1. The standard InChI is InChI=1S/C12H17NO4/c1-7(2)16-11(14)9-5-6-13-10(9)12(15)17-8(3)4/h5-8,13H,1-4H3. The number of H-pyrrole nitrogens is 1. The summed E-state index contributed by atoms with van der Waals surface area (Å²) >= 11 is 0. The van der Waals surface area contributed by atoms with E-state index < -0.39 is 11.9 Å². The van der Waals surface area contributed by atoms with Crippen LogP contribution >= 0.6 is 0 Å². The van der Waals surface area contributed by atoms with Gasteiger partial charge in [0.05, 0.1) is 17.8 Å². The molecule has 0 aliphatic heterocycles. The van der Waals surface area contributed by atoms with E-state index in [1.165, 1.54) is 12.3 Å². The second-order valence-electron chi connectivity index (χ2n) is 4.17. The molecular formula is C12H17NO4. The number of hydrogen-bond acceptors (Lipinski definition) is 4. The monoisotopic (exact) mass is 239 g/mol. The van der Waals surface area contributed by atoms with Crippen molar-refractivity contribution in [2.24, 2.45) is 0 Å². The first-order valence-corrected chi connectivity index (χ1v) is 5.51. The number of esters is 2. The van der Waals surface area contributed by atoms with Crippen LogP contribution in [0.3, 0.4) is 0 Å². The van der Waals surface area contributed by atoms with Crippen LogP contribution < -0.4 is 0 Å². The van der Waals surface area contributed by atoms with Crippen molar-refractivity contribution in [2.45, 2.75) is 39.9 Å². The first-order chi connectivity index (χ1) is 7.91. The van der Waals surface area contributed by atoms with Crippen molar-refractivity contribution in [3.8, 4) is 0 Å². The lowest BCUT2D eigenvalue weighted by molar-refractivity contribution is 0.0324. The number of aromatic nitrogens is 1. The topological polar surface area (TPSA) is 68.4 Å². The number of carbonyl (C=O) groups excluding carboxylic acids is 2. The molecule has 0 aliphatic carbocycles. The molecule has 1 rings (SSSR count). The van der Waals surface area contributed by atoms with E-state index in [0.717, 1.165) is 0 Å². The third kappa shape index (κ3) is 3.62. The molecule has 0 spiro atoms. The molecular weight excluding hydrogens is 222 g/mol. The molecule has 1 aromatic rings. The Bertz CT molecular complexity index is 370. The number of nitrogens with one attached hydrogen (secondary N) is 1. The fourth-order valence-corrected chi connectivity index (χ4v) is 1.26. The Morgan fingerprint density at radius 1 is 1.06 bits per heavy atom. The van der Waals surface area contributed by atoms with Crippen LogP contribution in [0.2, 0.25) is 0 Å². The Hall–Kier alpha value is -1.78. The lowest BCUT2D eigenvalue weighted by Crippen LogP contribution is -2.18. The van der Waals surface area contributed by atoms with E-state index in [4.69, 9.17) is 9.47 Å². The number of carbonyl (C=O) groups is 2. The van der Waals surface area contributed by atoms with Crippen molar-refractivity contribution >= 4 is 11.9 Å². The average molecular weight is 239 g/mol. The normalized spacial score (nSPS) is 10.7. The summed E-state index contributed by atoms with van der Waals surface area (Å²) in [6, 6.07) is 1.50. The third-order valence-electron chi connectivity index (χ3n) is 1.86. The minimum atomic E-state index is -0.555. The van der Waals surface area contributed by atoms with Crippen molar-refractivity contribution in [3.05, 3.63) is 23.5 Å². The third-order valence-corrected chi connectivity index (χ3v) is 1.86. The minimum Gasteiger partial charge on any atom is -0.459 e. The van der Waals surface area contributed by atoms with Gasteiger partial charge in [0.25, 0.3) is 0 Å². The van der Waals surface area contributed by atoms with E-state index in [2.05, 4.69) is 4.98 Å². The highest BCUT2D eigenvalue weighted by Gasteiger charge is 2.22. The summed E-state index contributed by atoms with van der Waals surface area (Å²) in [5, 5.41) is 0. The molecule has 5 nitrogen and oxygen atoms in total. The fourth-order valence-electron chi connectivity index (χ4n) is 1.26. The molecule has 0 radical (unpaired) electrons. The van der Waals surface area contributed by atoms with Crippen LogP contribution in [0.15, 0.2) is 12.3 Å². The molecule has 5 heteroatoms. The zero-order valence-corrected chi connectivity index (χ0v) is 10.4. The Labute approximate surface area is 100 Å². The van der Waals surface area contributed by atoms with E-state index in [0.29, 0.717) is 0 Å². The van der Waals surface area contributed by atoms with E-state index >= 15 is 0 Å². The van der Waals surface area contributed by atoms with Gasteiger partial charge >= 0.3 is 11.9 Å². The van der Waals surface area contributed by atoms with Gasteiger partial charge in [-0.1, -0.05) is 0 Å². The number of rotatable bonds is 4. The van der Waals surface area contributed by atoms with Crippen molar-refractivity contribution < 1.29 is 19.1 Å². The van der Waals surface area contributed by atoms with Crippen molar-refractivity contribution in [1.82, 2.24) is 4.98 Å². The van der Waals surface area contributed by atoms with E-state index in [1.54, 1.807) is 27.7 Å². The maximum atomic E-state index is 11.7. The van der Waals surface area contributed by atoms with Gasteiger partial charge in [-0.15, -0.1) is 0 Å². The van der Waals surface area contributed by atoms with Crippen LogP contribution in [-0.2, 0) is 9.47 Å². The predicted molar refractivity (Wildman–Crippen MR) is 61.9 cm³/mol. The van der Waals surface area contributed by atoms with Crippen molar-refractivity contribution in [2.75, 3.05) is 0 Å². The van der Waals surface area contributed by atoms with Crippen LogP contribution in [0.25, 0.3) is 0 Å². The first-order valence-electron chi connectivity index (χ1n) is 5.51.